The van der Waals surface area contributed by atoms with Crippen LogP contribution in [0.3, 0.4) is 0 Å². The van der Waals surface area contributed by atoms with E-state index in [2.05, 4.69) is 23.8 Å². The van der Waals surface area contributed by atoms with Crippen LogP contribution < -0.4 is 0 Å². The van der Waals surface area contributed by atoms with Crippen LogP contribution in [0.4, 0.5) is 0 Å². The van der Waals surface area contributed by atoms with Crippen LogP contribution in [0.2, 0.25) is 0 Å². The van der Waals surface area contributed by atoms with Crippen molar-refractivity contribution in [2.45, 2.75) is 96.1 Å². The van der Waals surface area contributed by atoms with Gasteiger partial charge in [-0.25, -0.2) is 4.99 Å². The van der Waals surface area contributed by atoms with Crippen molar-refractivity contribution >= 4 is 5.90 Å². The van der Waals surface area contributed by atoms with Crippen molar-refractivity contribution in [2.24, 2.45) is 4.99 Å². The van der Waals surface area contributed by atoms with Gasteiger partial charge in [-0.1, -0.05) is 101 Å². The maximum absolute atomic E-state index is 9.55. The van der Waals surface area contributed by atoms with Crippen LogP contribution in [0, 0.1) is 11.8 Å². The number of nitrogens with zero attached hydrogens (tertiary/aromatic N) is 1. The molecule has 3 nitrogen and oxygen atoms in total. The number of rotatable bonds is 13. The fraction of sp³-hybridized carbons (Fsp3) is 0.640. The molecule has 0 aromatic heterocycles. The predicted molar refractivity (Wildman–Crippen MR) is 118 cm³/mol. The lowest BCUT2D eigenvalue weighted by molar-refractivity contribution is 0.190. The number of aliphatic hydroxyl groups is 1. The fourth-order valence-electron chi connectivity index (χ4n) is 3.48. The molecule has 0 amide bonds. The Morgan fingerprint density at radius 1 is 0.893 bits per heavy atom. The van der Waals surface area contributed by atoms with Crippen molar-refractivity contribution in [3.63, 3.8) is 0 Å². The van der Waals surface area contributed by atoms with E-state index in [9.17, 15) is 5.11 Å². The average molecular weight is 384 g/mol. The van der Waals surface area contributed by atoms with Crippen LogP contribution >= 0.6 is 0 Å². The molecule has 1 N–H and O–H groups in total. The Bertz CT molecular complexity index is 614. The zero-order chi connectivity index (χ0) is 19.9. The highest BCUT2D eigenvalue weighted by Gasteiger charge is 2.29. The summed E-state index contributed by atoms with van der Waals surface area (Å²) in [5, 5.41) is 9.55. The normalized spacial score (nSPS) is 18.3. The van der Waals surface area contributed by atoms with E-state index in [1.54, 1.807) is 0 Å². The second-order valence-corrected chi connectivity index (χ2v) is 7.70. The summed E-state index contributed by atoms with van der Waals surface area (Å²) in [6.07, 6.45) is 15.4. The van der Waals surface area contributed by atoms with E-state index in [1.807, 2.05) is 30.3 Å². The summed E-state index contributed by atoms with van der Waals surface area (Å²) in [5.41, 5.74) is 0.940. The molecule has 0 unspecified atom stereocenters. The van der Waals surface area contributed by atoms with Crippen molar-refractivity contribution in [3.05, 3.63) is 35.9 Å². The molecular formula is C25H37NO2. The SMILES string of the molecule is CCCCCCCCCCCCCC#C[C@@H]1OC(c2ccccc2)=N[C@H]1CO. The van der Waals surface area contributed by atoms with E-state index in [0.29, 0.717) is 5.90 Å². The molecule has 1 aromatic carbocycles. The molecule has 1 heterocycles. The smallest absolute Gasteiger partial charge is 0.217 e. The minimum absolute atomic E-state index is 0.0336. The number of hydrogen-bond acceptors (Lipinski definition) is 3. The summed E-state index contributed by atoms with van der Waals surface area (Å²) in [4.78, 5) is 4.48. The highest BCUT2D eigenvalue weighted by atomic mass is 16.5. The Labute approximate surface area is 171 Å². The van der Waals surface area contributed by atoms with Crippen LogP contribution in [0.5, 0.6) is 0 Å². The summed E-state index contributed by atoms with van der Waals surface area (Å²) >= 11 is 0. The van der Waals surface area contributed by atoms with Crippen molar-refractivity contribution in [3.8, 4) is 11.8 Å². The lowest BCUT2D eigenvalue weighted by Gasteiger charge is -2.09. The maximum Gasteiger partial charge on any atom is 0.217 e. The van der Waals surface area contributed by atoms with Gasteiger partial charge in [0.2, 0.25) is 5.90 Å². The molecule has 0 saturated heterocycles. The molecule has 1 aromatic rings. The summed E-state index contributed by atoms with van der Waals surface area (Å²) in [6, 6.07) is 9.54. The second kappa shape index (κ2) is 14.2. The van der Waals surface area contributed by atoms with Gasteiger partial charge < -0.3 is 9.84 Å². The number of hydrogen-bond donors (Lipinski definition) is 1. The van der Waals surface area contributed by atoms with Gasteiger partial charge in [0, 0.05) is 12.0 Å². The van der Waals surface area contributed by atoms with Gasteiger partial charge in [-0.15, -0.1) is 0 Å². The number of ether oxygens (including phenoxy) is 1. The number of benzene rings is 1. The highest BCUT2D eigenvalue weighted by Crippen LogP contribution is 2.18. The minimum atomic E-state index is -0.326. The molecule has 28 heavy (non-hydrogen) atoms. The first-order valence-corrected chi connectivity index (χ1v) is 11.2. The summed E-state index contributed by atoms with van der Waals surface area (Å²) in [6.45, 7) is 2.24. The largest absolute Gasteiger partial charge is 0.459 e. The first-order chi connectivity index (χ1) is 13.8. The second-order valence-electron chi connectivity index (χ2n) is 7.70. The van der Waals surface area contributed by atoms with E-state index in [4.69, 9.17) is 4.74 Å². The molecule has 0 radical (unpaired) electrons. The third kappa shape index (κ3) is 8.48. The summed E-state index contributed by atoms with van der Waals surface area (Å²) in [5.74, 6) is 7.00. The molecule has 0 bridgehead atoms. The van der Waals surface area contributed by atoms with Crippen molar-refractivity contribution in [1.82, 2.24) is 0 Å². The Morgan fingerprint density at radius 2 is 1.50 bits per heavy atom. The Hall–Kier alpha value is -1.79. The molecule has 2 rings (SSSR count). The first kappa shape index (κ1) is 22.5. The van der Waals surface area contributed by atoms with Gasteiger partial charge in [0.05, 0.1) is 6.61 Å². The van der Waals surface area contributed by atoms with E-state index >= 15 is 0 Å². The lowest BCUT2D eigenvalue weighted by atomic mass is 10.1. The van der Waals surface area contributed by atoms with Gasteiger partial charge >= 0.3 is 0 Å². The molecule has 154 valence electrons. The highest BCUT2D eigenvalue weighted by molar-refractivity contribution is 5.95. The van der Waals surface area contributed by atoms with Crippen LogP contribution in [-0.4, -0.2) is 29.8 Å². The zero-order valence-electron chi connectivity index (χ0n) is 17.5. The maximum atomic E-state index is 9.55. The molecule has 0 saturated carbocycles. The van der Waals surface area contributed by atoms with Crippen molar-refractivity contribution in [2.75, 3.05) is 6.61 Å². The van der Waals surface area contributed by atoms with Crippen LogP contribution in [0.25, 0.3) is 0 Å². The Kier molecular flexibility index (Phi) is 11.4. The first-order valence-electron chi connectivity index (χ1n) is 11.2. The molecule has 1 aliphatic rings. The molecular weight excluding hydrogens is 346 g/mol. The van der Waals surface area contributed by atoms with Gasteiger partial charge in [0.1, 0.15) is 6.04 Å². The third-order valence-electron chi connectivity index (χ3n) is 5.23. The Balaban J connectivity index is 1.54. The van der Waals surface area contributed by atoms with Crippen molar-refractivity contribution < 1.29 is 9.84 Å². The van der Waals surface area contributed by atoms with E-state index in [1.165, 1.54) is 64.2 Å². The fourth-order valence-corrected chi connectivity index (χ4v) is 3.48. The van der Waals surface area contributed by atoms with Crippen LogP contribution in [0.1, 0.15) is 89.5 Å². The number of unbranched alkanes of at least 4 members (excludes halogenated alkanes) is 11. The number of aliphatic hydroxyl groups excluding tert-OH is 1. The molecule has 1 aliphatic heterocycles. The van der Waals surface area contributed by atoms with Gasteiger partial charge in [0.25, 0.3) is 0 Å². The monoisotopic (exact) mass is 383 g/mol. The van der Waals surface area contributed by atoms with E-state index in [-0.39, 0.29) is 18.8 Å². The van der Waals surface area contributed by atoms with E-state index < -0.39 is 0 Å². The predicted octanol–water partition coefficient (Wildman–Crippen LogP) is 5.90. The quantitative estimate of drug-likeness (QED) is 0.340. The molecule has 0 fully saturated rings. The van der Waals surface area contributed by atoms with Gasteiger partial charge in [-0.3, -0.25) is 0 Å². The van der Waals surface area contributed by atoms with Crippen LogP contribution in [-0.2, 0) is 4.74 Å². The standard InChI is InChI=1S/C25H37NO2/c1-2-3-4-5-6-7-8-9-10-11-12-13-17-20-24-23(21-27)26-25(28-24)22-18-15-14-16-19-22/h14-16,18-19,23-24,27H,2-13,21H2,1H3/t23-,24-/m0/s1. The minimum Gasteiger partial charge on any atom is -0.459 e. The lowest BCUT2D eigenvalue weighted by Crippen LogP contribution is -2.24. The molecule has 3 heteroatoms. The summed E-state index contributed by atoms with van der Waals surface area (Å²) in [7, 11) is 0. The molecule has 0 spiro atoms. The van der Waals surface area contributed by atoms with E-state index in [0.717, 1.165) is 18.4 Å². The van der Waals surface area contributed by atoms with Crippen LogP contribution in [0.15, 0.2) is 35.3 Å². The summed E-state index contributed by atoms with van der Waals surface area (Å²) < 4.78 is 5.87. The topological polar surface area (TPSA) is 41.8 Å². The molecule has 2 atom stereocenters. The molecule has 0 aliphatic carbocycles. The third-order valence-corrected chi connectivity index (χ3v) is 5.23. The van der Waals surface area contributed by atoms with Gasteiger partial charge in [0.15, 0.2) is 6.10 Å². The average Bonchev–Trinajstić information content (AvgIpc) is 3.15. The Morgan fingerprint density at radius 3 is 2.11 bits per heavy atom. The number of aliphatic imine (C=N–C) groups is 1. The van der Waals surface area contributed by atoms with Gasteiger partial charge in [-0.2, -0.15) is 0 Å². The van der Waals surface area contributed by atoms with Crippen molar-refractivity contribution in [1.29, 1.82) is 0 Å². The van der Waals surface area contributed by atoms with Gasteiger partial charge in [-0.05, 0) is 18.6 Å². The zero-order valence-corrected chi connectivity index (χ0v) is 17.5.